The molecule has 0 spiro atoms. The third-order valence-corrected chi connectivity index (χ3v) is 2.89. The number of carbonyl (C=O) groups is 1. The summed E-state index contributed by atoms with van der Waals surface area (Å²) in [7, 11) is 0. The molecule has 80 valence electrons. The highest BCUT2D eigenvalue weighted by Gasteiger charge is 2.37. The predicted octanol–water partition coefficient (Wildman–Crippen LogP) is 0.726. The van der Waals surface area contributed by atoms with Gasteiger partial charge in [-0.3, -0.25) is 9.78 Å². The maximum Gasteiger partial charge on any atom is 0.270 e. The number of pyridine rings is 1. The summed E-state index contributed by atoms with van der Waals surface area (Å²) in [5.41, 5.74) is 0.00597. The Morgan fingerprint density at radius 2 is 2.33 bits per heavy atom. The van der Waals surface area contributed by atoms with Gasteiger partial charge in [-0.05, 0) is 31.4 Å². The highest BCUT2D eigenvalue weighted by Crippen LogP contribution is 2.31. The van der Waals surface area contributed by atoms with Crippen LogP contribution in [-0.4, -0.2) is 28.1 Å². The Morgan fingerprint density at radius 3 is 2.80 bits per heavy atom. The van der Waals surface area contributed by atoms with Gasteiger partial charge in [0.1, 0.15) is 5.69 Å². The van der Waals surface area contributed by atoms with Crippen LogP contribution in [0, 0.1) is 0 Å². The van der Waals surface area contributed by atoms with Gasteiger partial charge < -0.3 is 10.4 Å². The normalized spacial score (nSPS) is 17.9. The minimum absolute atomic E-state index is 0.00553. The van der Waals surface area contributed by atoms with Gasteiger partial charge in [-0.1, -0.05) is 6.07 Å². The first-order valence-electron chi connectivity index (χ1n) is 5.10. The van der Waals surface area contributed by atoms with Crippen LogP contribution in [0.25, 0.3) is 0 Å². The number of hydrogen-bond donors (Lipinski definition) is 2. The maximum atomic E-state index is 11.7. The summed E-state index contributed by atoms with van der Waals surface area (Å²) in [4.78, 5) is 15.7. The van der Waals surface area contributed by atoms with E-state index in [-0.39, 0.29) is 12.5 Å². The first-order chi connectivity index (χ1) is 7.26. The molecular formula is C11H14N2O2. The Morgan fingerprint density at radius 1 is 1.53 bits per heavy atom. The molecule has 0 atom stereocenters. The lowest BCUT2D eigenvalue weighted by Crippen LogP contribution is -2.56. The predicted molar refractivity (Wildman–Crippen MR) is 55.4 cm³/mol. The average molecular weight is 206 g/mol. The Hall–Kier alpha value is -1.42. The molecular weight excluding hydrogens is 192 g/mol. The molecule has 1 aliphatic carbocycles. The van der Waals surface area contributed by atoms with Gasteiger partial charge in [0.15, 0.2) is 0 Å². The van der Waals surface area contributed by atoms with Crippen molar-refractivity contribution in [3.63, 3.8) is 0 Å². The summed E-state index contributed by atoms with van der Waals surface area (Å²) >= 11 is 0. The molecule has 1 heterocycles. The standard InChI is InChI=1S/C11H14N2O2/c14-8-11(5-3-6-11)13-10(15)9-4-1-2-7-12-9/h1-2,4,7,14H,3,5-6,8H2,(H,13,15). The summed E-state index contributed by atoms with van der Waals surface area (Å²) in [6, 6.07) is 5.20. The van der Waals surface area contributed by atoms with Crippen molar-refractivity contribution in [3.8, 4) is 0 Å². The molecule has 0 aliphatic heterocycles. The fourth-order valence-corrected chi connectivity index (χ4v) is 1.73. The fraction of sp³-hybridized carbons (Fsp3) is 0.455. The van der Waals surface area contributed by atoms with Crippen molar-refractivity contribution in [2.45, 2.75) is 24.8 Å². The number of aliphatic hydroxyl groups excluding tert-OH is 1. The van der Waals surface area contributed by atoms with Crippen LogP contribution in [0.3, 0.4) is 0 Å². The monoisotopic (exact) mass is 206 g/mol. The smallest absolute Gasteiger partial charge is 0.270 e. The molecule has 1 amide bonds. The molecule has 0 radical (unpaired) electrons. The zero-order valence-electron chi connectivity index (χ0n) is 8.44. The van der Waals surface area contributed by atoms with E-state index in [4.69, 9.17) is 0 Å². The summed E-state index contributed by atoms with van der Waals surface area (Å²) < 4.78 is 0. The molecule has 0 bridgehead atoms. The van der Waals surface area contributed by atoms with E-state index >= 15 is 0 Å². The first kappa shape index (κ1) is 10.1. The van der Waals surface area contributed by atoms with Gasteiger partial charge in [0.25, 0.3) is 5.91 Å². The zero-order valence-corrected chi connectivity index (χ0v) is 8.44. The highest BCUT2D eigenvalue weighted by atomic mass is 16.3. The van der Waals surface area contributed by atoms with Crippen LogP contribution in [0.2, 0.25) is 0 Å². The van der Waals surface area contributed by atoms with Crippen molar-refractivity contribution in [2.24, 2.45) is 0 Å². The lowest BCUT2D eigenvalue weighted by Gasteiger charge is -2.40. The van der Waals surface area contributed by atoms with Crippen LogP contribution in [0.15, 0.2) is 24.4 Å². The number of nitrogens with one attached hydrogen (secondary N) is 1. The Kier molecular flexibility index (Phi) is 2.68. The second-order valence-electron chi connectivity index (χ2n) is 3.96. The van der Waals surface area contributed by atoms with Crippen LogP contribution in [-0.2, 0) is 0 Å². The minimum atomic E-state index is -0.394. The van der Waals surface area contributed by atoms with E-state index in [0.717, 1.165) is 19.3 Å². The van der Waals surface area contributed by atoms with Crippen molar-refractivity contribution in [3.05, 3.63) is 30.1 Å². The molecule has 2 rings (SSSR count). The van der Waals surface area contributed by atoms with E-state index in [1.54, 1.807) is 24.4 Å². The Labute approximate surface area is 88.3 Å². The van der Waals surface area contributed by atoms with E-state index in [1.807, 2.05) is 0 Å². The Balaban J connectivity index is 2.04. The highest BCUT2D eigenvalue weighted by molar-refractivity contribution is 5.92. The van der Waals surface area contributed by atoms with Gasteiger partial charge in [-0.15, -0.1) is 0 Å². The topological polar surface area (TPSA) is 62.2 Å². The van der Waals surface area contributed by atoms with Gasteiger partial charge in [0.2, 0.25) is 0 Å². The van der Waals surface area contributed by atoms with Gasteiger partial charge in [-0.2, -0.15) is 0 Å². The molecule has 1 fully saturated rings. The maximum absolute atomic E-state index is 11.7. The van der Waals surface area contributed by atoms with Crippen molar-refractivity contribution in [1.82, 2.24) is 10.3 Å². The van der Waals surface area contributed by atoms with Crippen molar-refractivity contribution >= 4 is 5.91 Å². The average Bonchev–Trinajstić information content (AvgIpc) is 2.24. The van der Waals surface area contributed by atoms with Gasteiger partial charge in [-0.25, -0.2) is 0 Å². The molecule has 1 aliphatic rings. The number of hydrogen-bond acceptors (Lipinski definition) is 3. The van der Waals surface area contributed by atoms with Gasteiger partial charge >= 0.3 is 0 Å². The largest absolute Gasteiger partial charge is 0.394 e. The molecule has 1 saturated carbocycles. The number of carbonyl (C=O) groups excluding carboxylic acids is 1. The summed E-state index contributed by atoms with van der Waals surface area (Å²) in [5, 5.41) is 12.0. The fourth-order valence-electron chi connectivity index (χ4n) is 1.73. The molecule has 1 aromatic rings. The second kappa shape index (κ2) is 3.98. The van der Waals surface area contributed by atoms with Crippen LogP contribution >= 0.6 is 0 Å². The molecule has 4 heteroatoms. The third-order valence-electron chi connectivity index (χ3n) is 2.89. The van der Waals surface area contributed by atoms with Crippen LogP contribution in [0.1, 0.15) is 29.8 Å². The van der Waals surface area contributed by atoms with Crippen molar-refractivity contribution in [1.29, 1.82) is 0 Å². The summed E-state index contributed by atoms with van der Waals surface area (Å²) in [6.45, 7) is 0.00553. The molecule has 4 nitrogen and oxygen atoms in total. The third kappa shape index (κ3) is 1.99. The van der Waals surface area contributed by atoms with Gasteiger partial charge in [0.05, 0.1) is 12.1 Å². The quantitative estimate of drug-likeness (QED) is 0.766. The molecule has 0 aromatic carbocycles. The van der Waals surface area contributed by atoms with E-state index in [1.165, 1.54) is 0 Å². The SMILES string of the molecule is O=C(NC1(CO)CCC1)c1ccccn1. The minimum Gasteiger partial charge on any atom is -0.394 e. The summed E-state index contributed by atoms with van der Waals surface area (Å²) in [5.74, 6) is -0.204. The molecule has 15 heavy (non-hydrogen) atoms. The molecule has 2 N–H and O–H groups in total. The van der Waals surface area contributed by atoms with E-state index in [2.05, 4.69) is 10.3 Å². The van der Waals surface area contributed by atoms with Crippen LogP contribution < -0.4 is 5.32 Å². The second-order valence-corrected chi connectivity index (χ2v) is 3.96. The Bertz CT molecular complexity index is 341. The zero-order chi connectivity index (χ0) is 10.7. The molecule has 0 saturated heterocycles. The van der Waals surface area contributed by atoms with Crippen LogP contribution in [0.5, 0.6) is 0 Å². The van der Waals surface area contributed by atoms with Crippen molar-refractivity contribution < 1.29 is 9.90 Å². The lowest BCUT2D eigenvalue weighted by atomic mass is 9.77. The summed E-state index contributed by atoms with van der Waals surface area (Å²) in [6.07, 6.45) is 4.34. The number of aliphatic hydroxyl groups is 1. The lowest BCUT2D eigenvalue weighted by molar-refractivity contribution is 0.0637. The first-order valence-corrected chi connectivity index (χ1v) is 5.10. The number of aromatic nitrogens is 1. The van der Waals surface area contributed by atoms with E-state index in [9.17, 15) is 9.90 Å². The van der Waals surface area contributed by atoms with Gasteiger partial charge in [0, 0.05) is 6.20 Å². The molecule has 0 unspecified atom stereocenters. The van der Waals surface area contributed by atoms with Crippen LogP contribution in [0.4, 0.5) is 0 Å². The number of rotatable bonds is 3. The number of amides is 1. The number of nitrogens with zero attached hydrogens (tertiary/aromatic N) is 1. The molecule has 1 aromatic heterocycles. The van der Waals surface area contributed by atoms with E-state index < -0.39 is 5.54 Å². The van der Waals surface area contributed by atoms with Crippen molar-refractivity contribution in [2.75, 3.05) is 6.61 Å². The van der Waals surface area contributed by atoms with E-state index in [0.29, 0.717) is 5.69 Å².